The van der Waals surface area contributed by atoms with Gasteiger partial charge in [0.15, 0.2) is 0 Å². The number of nitrogens with zero attached hydrogens (tertiary/aromatic N) is 2. The Morgan fingerprint density at radius 3 is 3.00 bits per heavy atom. The van der Waals surface area contributed by atoms with Gasteiger partial charge in [-0.15, -0.1) is 11.3 Å². The van der Waals surface area contributed by atoms with Gasteiger partial charge < -0.3 is 10.0 Å². The molecule has 1 amide bonds. The fourth-order valence-electron chi connectivity index (χ4n) is 1.51. The van der Waals surface area contributed by atoms with Gasteiger partial charge in [-0.3, -0.25) is 9.78 Å². The van der Waals surface area contributed by atoms with E-state index in [2.05, 4.69) is 4.98 Å². The molecule has 0 atom stereocenters. The second kappa shape index (κ2) is 3.33. The van der Waals surface area contributed by atoms with Gasteiger partial charge in [0.25, 0.3) is 5.91 Å². The van der Waals surface area contributed by atoms with E-state index in [0.29, 0.717) is 24.4 Å². The number of hydrogen-bond donors (Lipinski definition) is 1. The molecule has 4 nitrogen and oxygen atoms in total. The zero-order valence-corrected chi connectivity index (χ0v) is 8.75. The Hall–Kier alpha value is -0.940. The first-order valence-corrected chi connectivity index (χ1v) is 5.43. The van der Waals surface area contributed by atoms with E-state index in [4.69, 9.17) is 0 Å². The summed E-state index contributed by atoms with van der Waals surface area (Å²) in [6.07, 6.45) is 2.26. The predicted molar refractivity (Wildman–Crippen MR) is 53.3 cm³/mol. The van der Waals surface area contributed by atoms with Crippen LogP contribution in [0.4, 0.5) is 0 Å². The van der Waals surface area contributed by atoms with Crippen LogP contribution in [0.25, 0.3) is 0 Å². The highest BCUT2D eigenvalue weighted by atomic mass is 32.1. The van der Waals surface area contributed by atoms with Crippen molar-refractivity contribution in [1.29, 1.82) is 0 Å². The standard InChI is InChI=1S/C9H12N2O2S/c1-2-9(13)4-11(5-9)8(12)7-3-10-6-14-7/h3,6,13H,2,4-5H2,1H3. The van der Waals surface area contributed by atoms with Crippen LogP contribution in [-0.4, -0.2) is 39.6 Å². The lowest BCUT2D eigenvalue weighted by molar-refractivity contribution is -0.0825. The molecular weight excluding hydrogens is 200 g/mol. The van der Waals surface area contributed by atoms with Crippen molar-refractivity contribution in [3.8, 4) is 0 Å². The summed E-state index contributed by atoms with van der Waals surface area (Å²) in [4.78, 5) is 17.8. The van der Waals surface area contributed by atoms with Crippen molar-refractivity contribution in [3.05, 3.63) is 16.6 Å². The molecule has 0 bridgehead atoms. The molecule has 1 saturated heterocycles. The highest BCUT2D eigenvalue weighted by molar-refractivity contribution is 7.11. The molecule has 0 unspecified atom stereocenters. The minimum Gasteiger partial charge on any atom is -0.386 e. The van der Waals surface area contributed by atoms with Crippen molar-refractivity contribution in [1.82, 2.24) is 9.88 Å². The zero-order chi connectivity index (χ0) is 10.2. The summed E-state index contributed by atoms with van der Waals surface area (Å²) in [5, 5.41) is 9.73. The predicted octanol–water partition coefficient (Wildman–Crippen LogP) is 0.740. The Kier molecular flexibility index (Phi) is 2.28. The van der Waals surface area contributed by atoms with Gasteiger partial charge in [-0.25, -0.2) is 0 Å². The minimum atomic E-state index is -0.652. The normalized spacial score (nSPS) is 19.1. The third-order valence-electron chi connectivity index (χ3n) is 2.56. The number of aromatic nitrogens is 1. The Morgan fingerprint density at radius 2 is 2.50 bits per heavy atom. The number of rotatable bonds is 2. The van der Waals surface area contributed by atoms with E-state index in [0.717, 1.165) is 0 Å². The number of hydrogen-bond acceptors (Lipinski definition) is 4. The van der Waals surface area contributed by atoms with E-state index < -0.39 is 5.60 Å². The summed E-state index contributed by atoms with van der Waals surface area (Å²) >= 11 is 1.33. The molecule has 1 aromatic rings. The van der Waals surface area contributed by atoms with Crippen LogP contribution >= 0.6 is 11.3 Å². The second-order valence-electron chi connectivity index (χ2n) is 3.60. The zero-order valence-electron chi connectivity index (χ0n) is 7.93. The Labute approximate surface area is 86.2 Å². The van der Waals surface area contributed by atoms with E-state index in [1.165, 1.54) is 11.3 Å². The Bertz CT molecular complexity index is 331. The first kappa shape index (κ1) is 9.61. The van der Waals surface area contributed by atoms with E-state index in [9.17, 15) is 9.90 Å². The van der Waals surface area contributed by atoms with Crippen molar-refractivity contribution >= 4 is 17.2 Å². The van der Waals surface area contributed by atoms with Crippen LogP contribution in [0.3, 0.4) is 0 Å². The maximum atomic E-state index is 11.7. The molecule has 0 saturated carbocycles. The average molecular weight is 212 g/mol. The molecule has 76 valence electrons. The van der Waals surface area contributed by atoms with Gasteiger partial charge in [-0.1, -0.05) is 6.92 Å². The SMILES string of the molecule is CCC1(O)CN(C(=O)c2cncs2)C1. The van der Waals surface area contributed by atoms with E-state index in [-0.39, 0.29) is 5.91 Å². The Balaban J connectivity index is 1.98. The number of amides is 1. The van der Waals surface area contributed by atoms with Crippen molar-refractivity contribution in [3.63, 3.8) is 0 Å². The van der Waals surface area contributed by atoms with Crippen molar-refractivity contribution < 1.29 is 9.90 Å². The molecule has 2 rings (SSSR count). The third kappa shape index (κ3) is 1.53. The summed E-state index contributed by atoms with van der Waals surface area (Å²) in [6.45, 7) is 2.81. The molecule has 0 aromatic carbocycles. The molecule has 2 heterocycles. The number of carbonyl (C=O) groups is 1. The van der Waals surface area contributed by atoms with E-state index in [1.54, 1.807) is 16.6 Å². The summed E-state index contributed by atoms with van der Waals surface area (Å²) < 4.78 is 0. The average Bonchev–Trinajstić information content (AvgIpc) is 2.64. The maximum absolute atomic E-state index is 11.7. The lowest BCUT2D eigenvalue weighted by Gasteiger charge is -2.45. The van der Waals surface area contributed by atoms with Crippen molar-refractivity contribution in [2.45, 2.75) is 18.9 Å². The maximum Gasteiger partial charge on any atom is 0.265 e. The van der Waals surface area contributed by atoms with Gasteiger partial charge in [-0.2, -0.15) is 0 Å². The quantitative estimate of drug-likeness (QED) is 0.786. The van der Waals surface area contributed by atoms with Crippen LogP contribution in [-0.2, 0) is 0 Å². The first-order chi connectivity index (χ1) is 6.64. The van der Waals surface area contributed by atoms with E-state index >= 15 is 0 Å². The number of β-amino-alcohol motifs (C(OH)–C–C–N with tert-alkyl or cyclic N) is 1. The molecule has 1 aromatic heterocycles. The highest BCUT2D eigenvalue weighted by Crippen LogP contribution is 2.26. The topological polar surface area (TPSA) is 53.4 Å². The van der Waals surface area contributed by atoms with E-state index in [1.807, 2.05) is 6.92 Å². The summed E-state index contributed by atoms with van der Waals surface area (Å²) in [5.74, 6) is -0.0226. The van der Waals surface area contributed by atoms with Gasteiger partial charge in [-0.05, 0) is 6.42 Å². The fraction of sp³-hybridized carbons (Fsp3) is 0.556. The van der Waals surface area contributed by atoms with Gasteiger partial charge in [0, 0.05) is 0 Å². The number of likely N-dealkylation sites (tertiary alicyclic amines) is 1. The molecule has 0 aliphatic carbocycles. The smallest absolute Gasteiger partial charge is 0.265 e. The van der Waals surface area contributed by atoms with Crippen LogP contribution < -0.4 is 0 Å². The summed E-state index contributed by atoms with van der Waals surface area (Å²) in [6, 6.07) is 0. The molecule has 14 heavy (non-hydrogen) atoms. The van der Waals surface area contributed by atoms with Crippen molar-refractivity contribution in [2.24, 2.45) is 0 Å². The fourth-order valence-corrected chi connectivity index (χ4v) is 2.10. The number of thiazole rings is 1. The summed E-state index contributed by atoms with van der Waals surface area (Å²) in [5.41, 5.74) is 0.986. The molecule has 1 fully saturated rings. The lowest BCUT2D eigenvalue weighted by Crippen LogP contribution is -2.63. The van der Waals surface area contributed by atoms with Crippen LogP contribution in [0, 0.1) is 0 Å². The van der Waals surface area contributed by atoms with Crippen LogP contribution in [0.15, 0.2) is 11.7 Å². The monoisotopic (exact) mass is 212 g/mol. The van der Waals surface area contributed by atoms with Gasteiger partial charge in [0.05, 0.1) is 30.4 Å². The van der Waals surface area contributed by atoms with Crippen LogP contribution in [0.1, 0.15) is 23.0 Å². The van der Waals surface area contributed by atoms with Gasteiger partial charge in [0.1, 0.15) is 4.88 Å². The van der Waals surface area contributed by atoms with Crippen LogP contribution in [0.5, 0.6) is 0 Å². The van der Waals surface area contributed by atoms with Gasteiger partial charge >= 0.3 is 0 Å². The largest absolute Gasteiger partial charge is 0.386 e. The number of carbonyl (C=O) groups excluding carboxylic acids is 1. The summed E-state index contributed by atoms with van der Waals surface area (Å²) in [7, 11) is 0. The number of aliphatic hydroxyl groups is 1. The second-order valence-corrected chi connectivity index (χ2v) is 4.49. The molecule has 1 N–H and O–H groups in total. The third-order valence-corrected chi connectivity index (χ3v) is 3.32. The first-order valence-electron chi connectivity index (χ1n) is 4.55. The molecule has 0 spiro atoms. The van der Waals surface area contributed by atoms with Crippen molar-refractivity contribution in [2.75, 3.05) is 13.1 Å². The molecule has 5 heteroatoms. The van der Waals surface area contributed by atoms with Gasteiger partial charge in [0.2, 0.25) is 0 Å². The molecule has 1 aliphatic heterocycles. The highest BCUT2D eigenvalue weighted by Gasteiger charge is 2.42. The Morgan fingerprint density at radius 1 is 1.79 bits per heavy atom. The minimum absolute atomic E-state index is 0.0226. The molecule has 1 aliphatic rings. The molecular formula is C9H12N2O2S. The molecule has 0 radical (unpaired) electrons. The van der Waals surface area contributed by atoms with Crippen LogP contribution in [0.2, 0.25) is 0 Å². The lowest BCUT2D eigenvalue weighted by atomic mass is 9.91.